The molecule has 0 heterocycles. The lowest BCUT2D eigenvalue weighted by molar-refractivity contribution is -0.141. The van der Waals surface area contributed by atoms with Gasteiger partial charge in [-0.25, -0.2) is 0 Å². The first-order valence-corrected chi connectivity index (χ1v) is 14.0. The molecule has 0 spiro atoms. The molecule has 0 aromatic carbocycles. The largest absolute Gasteiger partial charge is 0.504 e. The Kier molecular flexibility index (Phi) is 6.54. The highest BCUT2D eigenvalue weighted by Crippen LogP contribution is 2.73. The van der Waals surface area contributed by atoms with Crippen LogP contribution in [0, 0.1) is 33.5 Å². The molecule has 2 N–H and O–H groups in total. The number of rotatable bonds is 5. The molecule has 0 bridgehead atoms. The maximum atomic E-state index is 13.0. The van der Waals surface area contributed by atoms with Gasteiger partial charge < -0.3 is 10.4 Å². The summed E-state index contributed by atoms with van der Waals surface area (Å²) in [4.78, 5) is 25.7. The van der Waals surface area contributed by atoms with Crippen LogP contribution in [0.3, 0.4) is 0 Å². The minimum absolute atomic E-state index is 0.0305. The number of carbonyl (C=O) groups is 2. The van der Waals surface area contributed by atoms with E-state index >= 15 is 0 Å². The van der Waals surface area contributed by atoms with Gasteiger partial charge in [0.25, 0.3) is 0 Å². The van der Waals surface area contributed by atoms with Crippen molar-refractivity contribution in [1.29, 1.82) is 0 Å². The number of aliphatic hydroxyl groups excluding tert-OH is 1. The zero-order valence-electron chi connectivity index (χ0n) is 24.0. The topological polar surface area (TPSA) is 66.4 Å². The summed E-state index contributed by atoms with van der Waals surface area (Å²) in [6, 6.07) is 0.150. The Hall–Kier alpha value is -2.10. The second kappa shape index (κ2) is 8.74. The third-order valence-electron chi connectivity index (χ3n) is 11.2. The van der Waals surface area contributed by atoms with Crippen LogP contribution < -0.4 is 5.32 Å². The summed E-state index contributed by atoms with van der Waals surface area (Å²) in [5, 5.41) is 13.5. The van der Waals surface area contributed by atoms with E-state index in [1.165, 1.54) is 5.57 Å². The molecule has 4 heteroatoms. The van der Waals surface area contributed by atoms with Gasteiger partial charge in [-0.1, -0.05) is 65.7 Å². The Balaban J connectivity index is 1.80. The molecule has 4 nitrogen and oxygen atoms in total. The van der Waals surface area contributed by atoms with Crippen molar-refractivity contribution in [2.24, 2.45) is 33.5 Å². The van der Waals surface area contributed by atoms with Crippen LogP contribution in [0.15, 0.2) is 46.3 Å². The first kappa shape index (κ1) is 26.9. The fourth-order valence-corrected chi connectivity index (χ4v) is 8.43. The van der Waals surface area contributed by atoms with Gasteiger partial charge in [0.1, 0.15) is 0 Å². The number of hydrogen-bond donors (Lipinski definition) is 2. The van der Waals surface area contributed by atoms with Crippen LogP contribution >= 0.6 is 0 Å². The quantitative estimate of drug-likeness (QED) is 0.420. The Labute approximate surface area is 218 Å². The van der Waals surface area contributed by atoms with E-state index in [9.17, 15) is 14.7 Å². The molecular weight excluding hydrogens is 446 g/mol. The molecule has 0 aliphatic heterocycles. The SMILES string of the molecule is CC[C@]1(C)CC[C@]2(C)C3=CC=C4C(=CC(=O)C(O)=C4C)[C@]3(C)CC[C@@]2(C)[C@@H]1C[C@H](C)C(=O)NC(C)C. The van der Waals surface area contributed by atoms with Gasteiger partial charge in [0, 0.05) is 22.9 Å². The number of carbonyl (C=O) groups excluding carboxylic acids is 2. The predicted molar refractivity (Wildman–Crippen MR) is 146 cm³/mol. The van der Waals surface area contributed by atoms with Crippen LogP contribution in [0.2, 0.25) is 0 Å². The van der Waals surface area contributed by atoms with E-state index in [0.29, 0.717) is 11.5 Å². The average Bonchev–Trinajstić information content (AvgIpc) is 2.81. The molecule has 4 rings (SSSR count). The molecule has 0 aromatic rings. The van der Waals surface area contributed by atoms with Crippen molar-refractivity contribution in [3.05, 3.63) is 46.3 Å². The van der Waals surface area contributed by atoms with Crippen molar-refractivity contribution in [1.82, 2.24) is 5.32 Å². The summed E-state index contributed by atoms with van der Waals surface area (Å²) < 4.78 is 0. The monoisotopic (exact) mass is 493 g/mol. The Morgan fingerprint density at radius 3 is 2.36 bits per heavy atom. The summed E-state index contributed by atoms with van der Waals surface area (Å²) in [6.45, 7) is 20.1. The normalized spacial score (nSPS) is 38.9. The smallest absolute Gasteiger partial charge is 0.223 e. The molecular formula is C32H47NO3. The number of aliphatic hydroxyl groups is 1. The lowest BCUT2D eigenvalue weighted by Crippen LogP contribution is -2.60. The van der Waals surface area contributed by atoms with E-state index in [-0.39, 0.29) is 51.1 Å². The maximum absolute atomic E-state index is 13.0. The maximum Gasteiger partial charge on any atom is 0.223 e. The first-order valence-electron chi connectivity index (χ1n) is 14.0. The fourth-order valence-electron chi connectivity index (χ4n) is 8.43. The highest BCUT2D eigenvalue weighted by Gasteiger charge is 2.65. The van der Waals surface area contributed by atoms with E-state index in [0.717, 1.165) is 49.7 Å². The Bertz CT molecular complexity index is 1110. The van der Waals surface area contributed by atoms with Gasteiger partial charge in [0.2, 0.25) is 11.7 Å². The van der Waals surface area contributed by atoms with Crippen LogP contribution in [0.1, 0.15) is 101 Å². The van der Waals surface area contributed by atoms with Crippen molar-refractivity contribution < 1.29 is 14.7 Å². The Morgan fingerprint density at radius 2 is 1.75 bits per heavy atom. The minimum Gasteiger partial charge on any atom is -0.504 e. The molecule has 198 valence electrons. The second-order valence-corrected chi connectivity index (χ2v) is 13.5. The molecule has 0 radical (unpaired) electrons. The van der Waals surface area contributed by atoms with Crippen LogP contribution in [-0.2, 0) is 9.59 Å². The summed E-state index contributed by atoms with van der Waals surface area (Å²) in [7, 11) is 0. The van der Waals surface area contributed by atoms with E-state index < -0.39 is 0 Å². The summed E-state index contributed by atoms with van der Waals surface area (Å²) in [5.74, 6) is 0.160. The van der Waals surface area contributed by atoms with Gasteiger partial charge in [-0.3, -0.25) is 9.59 Å². The standard InChI is InChI=1S/C32H47NO3/c1-10-29(6)13-15-31(8)25-12-11-22-21(5)27(35)24(34)18-23(22)30(25,7)14-16-32(31,9)26(29)17-20(4)28(36)33-19(2)3/h11-12,18-20,26,35H,10,13-17H2,1-9H3,(H,33,36)/t20-,26+,29+,30-,31+,32-/m0/s1. The Morgan fingerprint density at radius 1 is 1.08 bits per heavy atom. The third kappa shape index (κ3) is 3.69. The van der Waals surface area contributed by atoms with Gasteiger partial charge in [-0.05, 0) is 92.3 Å². The zero-order chi connectivity index (χ0) is 26.8. The van der Waals surface area contributed by atoms with Gasteiger partial charge in [-0.2, -0.15) is 0 Å². The average molecular weight is 494 g/mol. The van der Waals surface area contributed by atoms with E-state index in [4.69, 9.17) is 0 Å². The lowest BCUT2D eigenvalue weighted by Gasteiger charge is -2.68. The van der Waals surface area contributed by atoms with Crippen molar-refractivity contribution in [3.8, 4) is 0 Å². The second-order valence-electron chi connectivity index (χ2n) is 13.5. The van der Waals surface area contributed by atoms with Crippen molar-refractivity contribution in [2.45, 2.75) is 107 Å². The summed E-state index contributed by atoms with van der Waals surface area (Å²) >= 11 is 0. The highest BCUT2D eigenvalue weighted by atomic mass is 16.3. The fraction of sp³-hybridized carbons (Fsp3) is 0.688. The molecule has 1 amide bonds. The summed E-state index contributed by atoms with van der Waals surface area (Å²) in [6.07, 6.45) is 12.5. The minimum atomic E-state index is -0.273. The van der Waals surface area contributed by atoms with E-state index in [1.54, 1.807) is 6.08 Å². The van der Waals surface area contributed by atoms with Crippen LogP contribution in [0.5, 0.6) is 0 Å². The van der Waals surface area contributed by atoms with Crippen molar-refractivity contribution in [2.75, 3.05) is 0 Å². The first-order chi connectivity index (χ1) is 16.6. The lowest BCUT2D eigenvalue weighted by atomic mass is 9.36. The number of nitrogens with one attached hydrogen (secondary N) is 1. The predicted octanol–water partition coefficient (Wildman–Crippen LogP) is 7.38. The number of ketones is 1. The number of allylic oxidation sites excluding steroid dienone is 7. The van der Waals surface area contributed by atoms with Gasteiger partial charge in [0.15, 0.2) is 5.76 Å². The van der Waals surface area contributed by atoms with E-state index in [2.05, 4.69) is 59.0 Å². The molecule has 36 heavy (non-hydrogen) atoms. The number of hydrogen-bond acceptors (Lipinski definition) is 3. The summed E-state index contributed by atoms with van der Waals surface area (Å²) in [5.41, 5.74) is 4.20. The third-order valence-corrected chi connectivity index (χ3v) is 11.2. The molecule has 0 unspecified atom stereocenters. The van der Waals surface area contributed by atoms with Crippen LogP contribution in [0.25, 0.3) is 0 Å². The number of amides is 1. The molecule has 4 aliphatic carbocycles. The van der Waals surface area contributed by atoms with Gasteiger partial charge >= 0.3 is 0 Å². The number of fused-ring (bicyclic) bond motifs is 5. The molecule has 0 aromatic heterocycles. The van der Waals surface area contributed by atoms with Gasteiger partial charge in [0.05, 0.1) is 0 Å². The molecule has 2 fully saturated rings. The van der Waals surface area contributed by atoms with Crippen LogP contribution in [-0.4, -0.2) is 22.8 Å². The van der Waals surface area contributed by atoms with Crippen molar-refractivity contribution >= 4 is 11.7 Å². The zero-order valence-corrected chi connectivity index (χ0v) is 24.0. The molecule has 2 saturated carbocycles. The van der Waals surface area contributed by atoms with Gasteiger partial charge in [-0.15, -0.1) is 0 Å². The van der Waals surface area contributed by atoms with Crippen molar-refractivity contribution in [3.63, 3.8) is 0 Å². The van der Waals surface area contributed by atoms with Crippen LogP contribution in [0.4, 0.5) is 0 Å². The molecule has 0 saturated heterocycles. The highest BCUT2D eigenvalue weighted by molar-refractivity contribution is 6.06. The molecule has 4 aliphatic rings. The van der Waals surface area contributed by atoms with E-state index in [1.807, 2.05) is 20.8 Å². The molecule has 6 atom stereocenters.